The number of nitrogens with one attached hydrogen (secondary N) is 1. The van der Waals surface area contributed by atoms with Gasteiger partial charge in [-0.15, -0.1) is 12.4 Å². The third-order valence-corrected chi connectivity index (χ3v) is 7.43. The summed E-state index contributed by atoms with van der Waals surface area (Å²) in [5, 5.41) is 3.38. The van der Waals surface area contributed by atoms with Gasteiger partial charge in [-0.1, -0.05) is 12.1 Å². The van der Waals surface area contributed by atoms with Gasteiger partial charge in [0, 0.05) is 44.7 Å². The van der Waals surface area contributed by atoms with Crippen LogP contribution in [0.4, 0.5) is 0 Å². The number of carbonyl (C=O) groups is 1. The second-order valence-corrected chi connectivity index (χ2v) is 9.17. The van der Waals surface area contributed by atoms with Crippen LogP contribution < -0.4 is 5.32 Å². The molecule has 2 aliphatic rings. The van der Waals surface area contributed by atoms with Crippen LogP contribution in [0.15, 0.2) is 29.2 Å². The first-order valence-corrected chi connectivity index (χ1v) is 11.0. The lowest BCUT2D eigenvalue weighted by atomic mass is 10.0. The van der Waals surface area contributed by atoms with Crippen LogP contribution >= 0.6 is 12.4 Å². The maximum Gasteiger partial charge on any atom is 0.243 e. The SMILES string of the molecule is CC1NCCN(C(=O)CCc2ccc(S(=O)(=O)N3CCOCC3)cc2)C1C.Cl. The summed E-state index contributed by atoms with van der Waals surface area (Å²) in [6.07, 6.45) is 1.05. The van der Waals surface area contributed by atoms with E-state index in [1.54, 1.807) is 12.1 Å². The highest BCUT2D eigenvalue weighted by molar-refractivity contribution is 7.89. The zero-order chi connectivity index (χ0) is 19.4. The smallest absolute Gasteiger partial charge is 0.243 e. The number of ether oxygens (including phenoxy) is 1. The molecule has 9 heteroatoms. The predicted octanol–water partition coefficient (Wildman–Crippen LogP) is 1.27. The van der Waals surface area contributed by atoms with Gasteiger partial charge in [-0.3, -0.25) is 4.79 Å². The fraction of sp³-hybridized carbons (Fsp3) is 0.632. The molecule has 158 valence electrons. The molecule has 2 aliphatic heterocycles. The van der Waals surface area contributed by atoms with Crippen LogP contribution in [-0.2, 0) is 26.0 Å². The number of hydrogen-bond donors (Lipinski definition) is 1. The Kier molecular flexibility index (Phi) is 8.27. The highest BCUT2D eigenvalue weighted by Crippen LogP contribution is 2.19. The molecule has 2 fully saturated rings. The summed E-state index contributed by atoms with van der Waals surface area (Å²) in [5.41, 5.74) is 0.972. The number of amides is 1. The lowest BCUT2D eigenvalue weighted by Crippen LogP contribution is -2.57. The minimum atomic E-state index is -3.47. The van der Waals surface area contributed by atoms with Gasteiger partial charge in [0.05, 0.1) is 18.1 Å². The number of morpholine rings is 1. The molecule has 0 bridgehead atoms. The lowest BCUT2D eigenvalue weighted by molar-refractivity contribution is -0.134. The van der Waals surface area contributed by atoms with Crippen molar-refractivity contribution in [3.63, 3.8) is 0 Å². The van der Waals surface area contributed by atoms with E-state index in [0.29, 0.717) is 50.1 Å². The van der Waals surface area contributed by atoms with E-state index in [4.69, 9.17) is 4.74 Å². The molecule has 0 aliphatic carbocycles. The van der Waals surface area contributed by atoms with Gasteiger partial charge in [-0.2, -0.15) is 4.31 Å². The molecule has 1 aromatic carbocycles. The summed E-state index contributed by atoms with van der Waals surface area (Å²) < 4.78 is 32.0. The quantitative estimate of drug-likeness (QED) is 0.759. The van der Waals surface area contributed by atoms with Gasteiger partial charge in [0.1, 0.15) is 0 Å². The standard InChI is InChI=1S/C19H29N3O4S.ClH/c1-15-16(2)22(10-9-20-15)19(23)8-5-17-3-6-18(7-4-17)27(24,25)21-11-13-26-14-12-21;/h3-4,6-7,15-16,20H,5,8-14H2,1-2H3;1H. The first-order valence-electron chi connectivity index (χ1n) is 9.59. The van der Waals surface area contributed by atoms with Crippen molar-refractivity contribution in [3.8, 4) is 0 Å². The Morgan fingerprint density at radius 3 is 2.43 bits per heavy atom. The highest BCUT2D eigenvalue weighted by Gasteiger charge is 2.28. The first kappa shape index (κ1) is 23.1. The summed E-state index contributed by atoms with van der Waals surface area (Å²) in [5.74, 6) is 0.154. The number of rotatable bonds is 5. The zero-order valence-corrected chi connectivity index (χ0v) is 18.1. The molecular formula is C19H30ClN3O4S. The van der Waals surface area contributed by atoms with E-state index in [0.717, 1.165) is 18.7 Å². The van der Waals surface area contributed by atoms with Gasteiger partial charge < -0.3 is 15.0 Å². The Balaban J connectivity index is 0.00000280. The molecule has 1 aromatic rings. The van der Waals surface area contributed by atoms with Gasteiger partial charge in [-0.25, -0.2) is 8.42 Å². The maximum absolute atomic E-state index is 12.6. The third kappa shape index (κ3) is 5.24. The summed E-state index contributed by atoms with van der Waals surface area (Å²) in [7, 11) is -3.47. The molecule has 1 N–H and O–H groups in total. The molecule has 0 radical (unpaired) electrons. The Labute approximate surface area is 173 Å². The number of benzene rings is 1. The summed E-state index contributed by atoms with van der Waals surface area (Å²) in [6, 6.07) is 7.38. The van der Waals surface area contributed by atoms with E-state index < -0.39 is 10.0 Å². The van der Waals surface area contributed by atoms with Crippen LogP contribution in [0, 0.1) is 0 Å². The van der Waals surface area contributed by atoms with E-state index in [1.165, 1.54) is 4.31 Å². The molecule has 1 amide bonds. The van der Waals surface area contributed by atoms with Crippen molar-refractivity contribution >= 4 is 28.3 Å². The topological polar surface area (TPSA) is 79.0 Å². The normalized spacial score (nSPS) is 23.9. The van der Waals surface area contributed by atoms with Gasteiger partial charge in [0.15, 0.2) is 0 Å². The van der Waals surface area contributed by atoms with E-state index in [9.17, 15) is 13.2 Å². The van der Waals surface area contributed by atoms with Crippen molar-refractivity contribution in [1.29, 1.82) is 0 Å². The molecule has 0 saturated carbocycles. The van der Waals surface area contributed by atoms with Crippen LogP contribution in [-0.4, -0.2) is 75.0 Å². The van der Waals surface area contributed by atoms with Gasteiger partial charge in [-0.05, 0) is 38.0 Å². The highest BCUT2D eigenvalue weighted by atomic mass is 35.5. The molecule has 3 rings (SSSR count). The van der Waals surface area contributed by atoms with Crippen molar-refractivity contribution in [2.45, 2.75) is 43.7 Å². The molecule has 2 heterocycles. The fourth-order valence-electron chi connectivity index (χ4n) is 3.57. The van der Waals surface area contributed by atoms with E-state index in [2.05, 4.69) is 19.2 Å². The molecule has 0 spiro atoms. The average molecular weight is 432 g/mol. The molecule has 2 unspecified atom stereocenters. The number of piperazine rings is 1. The van der Waals surface area contributed by atoms with Crippen molar-refractivity contribution in [2.75, 3.05) is 39.4 Å². The molecule has 28 heavy (non-hydrogen) atoms. The first-order chi connectivity index (χ1) is 12.9. The van der Waals surface area contributed by atoms with Crippen molar-refractivity contribution in [2.24, 2.45) is 0 Å². The molecular weight excluding hydrogens is 402 g/mol. The van der Waals surface area contributed by atoms with Gasteiger partial charge >= 0.3 is 0 Å². The maximum atomic E-state index is 12.6. The molecule has 2 saturated heterocycles. The van der Waals surface area contributed by atoms with Crippen LogP contribution in [0.25, 0.3) is 0 Å². The Morgan fingerprint density at radius 1 is 1.14 bits per heavy atom. The van der Waals surface area contributed by atoms with Crippen LogP contribution in [0.3, 0.4) is 0 Å². The second kappa shape index (κ2) is 10.0. The average Bonchev–Trinajstić information content (AvgIpc) is 2.69. The Hall–Kier alpha value is -1.19. The predicted molar refractivity (Wildman–Crippen MR) is 110 cm³/mol. The van der Waals surface area contributed by atoms with Crippen LogP contribution in [0.1, 0.15) is 25.8 Å². The van der Waals surface area contributed by atoms with E-state index >= 15 is 0 Å². The van der Waals surface area contributed by atoms with Crippen LogP contribution in [0.5, 0.6) is 0 Å². The summed E-state index contributed by atoms with van der Waals surface area (Å²) in [6.45, 7) is 7.37. The van der Waals surface area contributed by atoms with Crippen molar-refractivity contribution < 1.29 is 17.9 Å². The third-order valence-electron chi connectivity index (χ3n) is 5.51. The summed E-state index contributed by atoms with van der Waals surface area (Å²) >= 11 is 0. The van der Waals surface area contributed by atoms with Gasteiger partial charge in [0.25, 0.3) is 0 Å². The minimum Gasteiger partial charge on any atom is -0.379 e. The van der Waals surface area contributed by atoms with E-state index in [-0.39, 0.29) is 24.4 Å². The number of sulfonamides is 1. The largest absolute Gasteiger partial charge is 0.379 e. The second-order valence-electron chi connectivity index (χ2n) is 7.23. The number of aryl methyl sites for hydroxylation is 1. The fourth-order valence-corrected chi connectivity index (χ4v) is 4.98. The molecule has 2 atom stereocenters. The zero-order valence-electron chi connectivity index (χ0n) is 16.5. The summed E-state index contributed by atoms with van der Waals surface area (Å²) in [4.78, 5) is 14.8. The van der Waals surface area contributed by atoms with Crippen molar-refractivity contribution in [3.05, 3.63) is 29.8 Å². The number of hydrogen-bond acceptors (Lipinski definition) is 5. The minimum absolute atomic E-state index is 0. The molecule has 0 aromatic heterocycles. The number of halogens is 1. The van der Waals surface area contributed by atoms with Gasteiger partial charge in [0.2, 0.25) is 15.9 Å². The Bertz CT molecular complexity index is 751. The number of carbonyl (C=O) groups excluding carboxylic acids is 1. The Morgan fingerprint density at radius 2 is 1.79 bits per heavy atom. The number of nitrogens with zero attached hydrogens (tertiary/aromatic N) is 2. The van der Waals surface area contributed by atoms with E-state index in [1.807, 2.05) is 17.0 Å². The van der Waals surface area contributed by atoms with Crippen LogP contribution in [0.2, 0.25) is 0 Å². The lowest BCUT2D eigenvalue weighted by Gasteiger charge is -2.38. The monoisotopic (exact) mass is 431 g/mol. The van der Waals surface area contributed by atoms with Crippen molar-refractivity contribution in [1.82, 2.24) is 14.5 Å². The molecule has 7 nitrogen and oxygen atoms in total.